The number of rotatable bonds is 5. The molecule has 1 rings (SSSR count). The highest BCUT2D eigenvalue weighted by atomic mass is 35.5. The molecular weight excluding hydrogens is 200 g/mol. The molecule has 1 N–H and O–H groups in total. The van der Waals surface area contributed by atoms with Crippen LogP contribution in [0.1, 0.15) is 5.56 Å². The van der Waals surface area contributed by atoms with Crippen molar-refractivity contribution in [3.63, 3.8) is 0 Å². The molecule has 0 aliphatic heterocycles. The normalized spacial score (nSPS) is 10.7. The average Bonchev–Trinajstić information content (AvgIpc) is 2.25. The Morgan fingerprint density at radius 3 is 3.21 bits per heavy atom. The van der Waals surface area contributed by atoms with Gasteiger partial charge in [0.25, 0.3) is 0 Å². The SMILES string of the molecule is COc1ncccc1CNC/C=C/Cl. The van der Waals surface area contributed by atoms with Gasteiger partial charge in [0.2, 0.25) is 5.88 Å². The minimum atomic E-state index is 0.662. The minimum absolute atomic E-state index is 0.662. The summed E-state index contributed by atoms with van der Waals surface area (Å²) in [4.78, 5) is 4.09. The summed E-state index contributed by atoms with van der Waals surface area (Å²) in [7, 11) is 1.62. The lowest BCUT2D eigenvalue weighted by molar-refractivity contribution is 0.391. The maximum Gasteiger partial charge on any atom is 0.217 e. The van der Waals surface area contributed by atoms with Crippen molar-refractivity contribution in [2.75, 3.05) is 13.7 Å². The molecule has 1 aromatic heterocycles. The van der Waals surface area contributed by atoms with Crippen LogP contribution in [0.3, 0.4) is 0 Å². The Kier molecular flexibility index (Phi) is 5.04. The number of hydrogen-bond acceptors (Lipinski definition) is 3. The molecule has 76 valence electrons. The van der Waals surface area contributed by atoms with Gasteiger partial charge in [-0.1, -0.05) is 23.7 Å². The fourth-order valence-corrected chi connectivity index (χ4v) is 1.17. The smallest absolute Gasteiger partial charge is 0.217 e. The lowest BCUT2D eigenvalue weighted by Gasteiger charge is -2.06. The summed E-state index contributed by atoms with van der Waals surface area (Å²) < 4.78 is 5.11. The van der Waals surface area contributed by atoms with Gasteiger partial charge in [0.1, 0.15) is 0 Å². The lowest BCUT2D eigenvalue weighted by Crippen LogP contribution is -2.13. The molecule has 0 amide bonds. The predicted molar refractivity (Wildman–Crippen MR) is 57.5 cm³/mol. The average molecular weight is 213 g/mol. The summed E-state index contributed by atoms with van der Waals surface area (Å²) in [6, 6.07) is 3.86. The Morgan fingerprint density at radius 1 is 1.64 bits per heavy atom. The van der Waals surface area contributed by atoms with Gasteiger partial charge in [-0.05, 0) is 6.07 Å². The largest absolute Gasteiger partial charge is 0.481 e. The summed E-state index contributed by atoms with van der Waals surface area (Å²) in [5.41, 5.74) is 2.53. The van der Waals surface area contributed by atoms with Gasteiger partial charge in [-0.25, -0.2) is 4.98 Å². The summed E-state index contributed by atoms with van der Waals surface area (Å²) in [5, 5.41) is 3.19. The third-order valence-corrected chi connectivity index (χ3v) is 1.89. The van der Waals surface area contributed by atoms with Gasteiger partial charge in [-0.15, -0.1) is 0 Å². The third kappa shape index (κ3) is 3.36. The molecule has 0 bridgehead atoms. The van der Waals surface area contributed by atoms with Crippen LogP contribution in [-0.4, -0.2) is 18.6 Å². The minimum Gasteiger partial charge on any atom is -0.481 e. The topological polar surface area (TPSA) is 34.1 Å². The van der Waals surface area contributed by atoms with E-state index in [4.69, 9.17) is 16.3 Å². The highest BCUT2D eigenvalue weighted by molar-refractivity contribution is 6.25. The lowest BCUT2D eigenvalue weighted by atomic mass is 10.2. The molecular formula is C10H13ClN2O. The Bertz CT molecular complexity index is 302. The van der Waals surface area contributed by atoms with Crippen molar-refractivity contribution in [2.24, 2.45) is 0 Å². The molecule has 4 heteroatoms. The predicted octanol–water partition coefficient (Wildman–Crippen LogP) is 1.93. The number of methoxy groups -OCH3 is 1. The molecule has 1 aromatic rings. The highest BCUT2D eigenvalue weighted by Crippen LogP contribution is 2.12. The molecule has 0 saturated heterocycles. The van der Waals surface area contributed by atoms with Crippen LogP contribution >= 0.6 is 11.6 Å². The van der Waals surface area contributed by atoms with E-state index in [2.05, 4.69) is 10.3 Å². The second-order valence-corrected chi connectivity index (χ2v) is 2.92. The van der Waals surface area contributed by atoms with Gasteiger partial charge in [-0.3, -0.25) is 0 Å². The monoisotopic (exact) mass is 212 g/mol. The van der Waals surface area contributed by atoms with E-state index in [9.17, 15) is 0 Å². The fraction of sp³-hybridized carbons (Fsp3) is 0.300. The molecule has 0 aromatic carbocycles. The van der Waals surface area contributed by atoms with Crippen LogP contribution in [0.5, 0.6) is 5.88 Å². The van der Waals surface area contributed by atoms with E-state index >= 15 is 0 Å². The first-order valence-electron chi connectivity index (χ1n) is 4.32. The van der Waals surface area contributed by atoms with Gasteiger partial charge in [0.05, 0.1) is 7.11 Å². The van der Waals surface area contributed by atoms with Gasteiger partial charge in [-0.2, -0.15) is 0 Å². The standard InChI is InChI=1S/C10H13ClN2O/c1-14-10-9(4-2-7-13-10)8-12-6-3-5-11/h2-5,7,12H,6,8H2,1H3/b5-3+. The maximum absolute atomic E-state index is 5.38. The number of aromatic nitrogens is 1. The number of ether oxygens (including phenoxy) is 1. The molecule has 0 spiro atoms. The Labute approximate surface area is 88.8 Å². The second-order valence-electron chi connectivity index (χ2n) is 2.66. The molecule has 0 unspecified atom stereocenters. The quantitative estimate of drug-likeness (QED) is 0.758. The number of nitrogens with one attached hydrogen (secondary N) is 1. The molecule has 0 radical (unpaired) electrons. The van der Waals surface area contributed by atoms with E-state index in [0.29, 0.717) is 5.88 Å². The number of halogens is 1. The molecule has 0 fully saturated rings. The molecule has 0 aliphatic carbocycles. The first kappa shape index (κ1) is 11.0. The van der Waals surface area contributed by atoms with Crippen molar-refractivity contribution in [3.8, 4) is 5.88 Å². The van der Waals surface area contributed by atoms with Gasteiger partial charge < -0.3 is 10.1 Å². The fourth-order valence-electron chi connectivity index (χ4n) is 1.08. The molecule has 0 saturated carbocycles. The van der Waals surface area contributed by atoms with Crippen molar-refractivity contribution in [1.29, 1.82) is 0 Å². The molecule has 3 nitrogen and oxygen atoms in total. The molecule has 0 atom stereocenters. The number of pyridine rings is 1. The van der Waals surface area contributed by atoms with E-state index in [-0.39, 0.29) is 0 Å². The zero-order chi connectivity index (χ0) is 10.2. The van der Waals surface area contributed by atoms with Crippen molar-refractivity contribution in [2.45, 2.75) is 6.54 Å². The van der Waals surface area contributed by atoms with Crippen LogP contribution in [0.2, 0.25) is 0 Å². The van der Waals surface area contributed by atoms with Crippen LogP contribution in [-0.2, 0) is 6.54 Å². The van der Waals surface area contributed by atoms with Gasteiger partial charge in [0, 0.05) is 30.4 Å². The first-order chi connectivity index (χ1) is 6.88. The summed E-state index contributed by atoms with van der Waals surface area (Å²) in [5.74, 6) is 0.662. The van der Waals surface area contributed by atoms with Crippen molar-refractivity contribution >= 4 is 11.6 Å². The van der Waals surface area contributed by atoms with E-state index in [1.807, 2.05) is 18.2 Å². The van der Waals surface area contributed by atoms with E-state index in [0.717, 1.165) is 18.7 Å². The van der Waals surface area contributed by atoms with E-state index in [1.165, 1.54) is 5.54 Å². The zero-order valence-electron chi connectivity index (χ0n) is 8.03. The van der Waals surface area contributed by atoms with Crippen molar-refractivity contribution in [3.05, 3.63) is 35.5 Å². The maximum atomic E-state index is 5.38. The van der Waals surface area contributed by atoms with Gasteiger partial charge in [0.15, 0.2) is 0 Å². The number of nitrogens with zero attached hydrogens (tertiary/aromatic N) is 1. The highest BCUT2D eigenvalue weighted by Gasteiger charge is 2.00. The molecule has 1 heterocycles. The van der Waals surface area contributed by atoms with Crippen LogP contribution in [0, 0.1) is 0 Å². The van der Waals surface area contributed by atoms with Crippen LogP contribution in [0.25, 0.3) is 0 Å². The molecule has 14 heavy (non-hydrogen) atoms. The van der Waals surface area contributed by atoms with Gasteiger partial charge >= 0.3 is 0 Å². The third-order valence-electron chi connectivity index (χ3n) is 1.71. The Morgan fingerprint density at radius 2 is 2.50 bits per heavy atom. The van der Waals surface area contributed by atoms with Crippen LogP contribution in [0.4, 0.5) is 0 Å². The van der Waals surface area contributed by atoms with Crippen LogP contribution < -0.4 is 10.1 Å². The Balaban J connectivity index is 2.49. The number of hydrogen-bond donors (Lipinski definition) is 1. The van der Waals surface area contributed by atoms with E-state index < -0.39 is 0 Å². The van der Waals surface area contributed by atoms with E-state index in [1.54, 1.807) is 13.3 Å². The summed E-state index contributed by atoms with van der Waals surface area (Å²) in [6.45, 7) is 1.46. The Hall–Kier alpha value is -1.06. The molecule has 0 aliphatic rings. The summed E-state index contributed by atoms with van der Waals surface area (Å²) in [6.07, 6.45) is 3.55. The second kappa shape index (κ2) is 6.40. The first-order valence-corrected chi connectivity index (χ1v) is 4.76. The van der Waals surface area contributed by atoms with Crippen molar-refractivity contribution in [1.82, 2.24) is 10.3 Å². The van der Waals surface area contributed by atoms with Crippen molar-refractivity contribution < 1.29 is 4.74 Å². The zero-order valence-corrected chi connectivity index (χ0v) is 8.79. The summed E-state index contributed by atoms with van der Waals surface area (Å²) >= 11 is 5.38. The van der Waals surface area contributed by atoms with Crippen LogP contribution in [0.15, 0.2) is 29.9 Å².